The zero-order valence-electron chi connectivity index (χ0n) is 26.8. The monoisotopic (exact) mass is 528 g/mol. The minimum absolute atomic E-state index is 0.0253. The summed E-state index contributed by atoms with van der Waals surface area (Å²) in [5, 5.41) is 1.69. The van der Waals surface area contributed by atoms with Crippen LogP contribution in [0.2, 0.25) is 0 Å². The second-order valence-electron chi connectivity index (χ2n) is 11.0. The number of nitrogens with zero attached hydrogens (tertiary/aromatic N) is 2. The number of fused-ring (bicyclic) bond motifs is 1. The van der Waals surface area contributed by atoms with E-state index in [1.807, 2.05) is 33.8 Å². The van der Waals surface area contributed by atoms with Crippen LogP contribution >= 0.6 is 0 Å². The van der Waals surface area contributed by atoms with E-state index in [1.165, 1.54) is 24.3 Å². The van der Waals surface area contributed by atoms with E-state index in [-0.39, 0.29) is 40.2 Å². The number of amides is 3. The van der Waals surface area contributed by atoms with Crippen molar-refractivity contribution in [1.29, 1.82) is 0 Å². The first kappa shape index (κ1) is 20.6. The van der Waals surface area contributed by atoms with Gasteiger partial charge in [-0.1, -0.05) is 18.2 Å². The van der Waals surface area contributed by atoms with Crippen molar-refractivity contribution in [3.8, 4) is 5.75 Å². The molecule has 2 aromatic carbocycles. The Labute approximate surface area is 229 Å². The minimum Gasteiger partial charge on any atom is -0.488 e. The molecule has 202 valence electrons. The fraction of sp³-hybridized carbons (Fsp3) is 0.483. The molecule has 2 aromatic rings. The Bertz CT molecular complexity index is 1500. The number of imide groups is 1. The number of rotatable bonds is 6. The Morgan fingerprint density at radius 3 is 2.61 bits per heavy atom. The quantitative estimate of drug-likeness (QED) is 0.577. The molecule has 2 fully saturated rings. The molecule has 3 amide bonds. The maximum atomic E-state index is 15.2. The standard InChI is InChI=1S/C29H34FN3O5/c1-28(2)16-32(17-29(3,4)38-28)13-18-8-9-19(22(30)12-18)15-37-24-7-5-6-20-21(24)14-33(27(20)36)23-10-11-25(34)31-26(23)35/h5-9,12,23H,10-11,13-17H2,1-4H3,(H,31,34,35)/i10D2,11D2,23D. The molecule has 0 radical (unpaired) electrons. The summed E-state index contributed by atoms with van der Waals surface area (Å²) in [6, 6.07) is 6.24. The maximum Gasteiger partial charge on any atom is 0.255 e. The molecule has 5 rings (SSSR count). The number of piperidine rings is 1. The van der Waals surface area contributed by atoms with Gasteiger partial charge < -0.3 is 14.4 Å². The van der Waals surface area contributed by atoms with E-state index in [0.29, 0.717) is 24.5 Å². The first-order valence-corrected chi connectivity index (χ1v) is 12.4. The summed E-state index contributed by atoms with van der Waals surface area (Å²) >= 11 is 0. The summed E-state index contributed by atoms with van der Waals surface area (Å²) in [4.78, 5) is 40.9. The molecular weight excluding hydrogens is 489 g/mol. The number of hydrogen-bond donors (Lipinski definition) is 1. The van der Waals surface area contributed by atoms with Crippen LogP contribution in [0.25, 0.3) is 0 Å². The fourth-order valence-corrected chi connectivity index (χ4v) is 5.45. The molecule has 1 unspecified atom stereocenters. The predicted octanol–water partition coefficient (Wildman–Crippen LogP) is 3.56. The first-order valence-electron chi connectivity index (χ1n) is 14.9. The smallest absolute Gasteiger partial charge is 0.255 e. The van der Waals surface area contributed by atoms with E-state index < -0.39 is 48.8 Å². The molecule has 3 heterocycles. The number of halogens is 1. The molecule has 9 heteroatoms. The SMILES string of the molecule is [2H]C1([2H])C(=O)NC(=O)C([2H])(N2Cc3c(OCc4ccc(CN5CC(C)(C)OC(C)(C)C5)cc4F)cccc3C2=O)C1([2H])[2H]. The van der Waals surface area contributed by atoms with Gasteiger partial charge in [-0.3, -0.25) is 24.6 Å². The number of benzene rings is 2. The van der Waals surface area contributed by atoms with Gasteiger partial charge in [-0.2, -0.15) is 0 Å². The number of ether oxygens (including phenoxy) is 2. The third-order valence-corrected chi connectivity index (χ3v) is 6.60. The molecule has 2 saturated heterocycles. The van der Waals surface area contributed by atoms with E-state index in [2.05, 4.69) is 4.90 Å². The van der Waals surface area contributed by atoms with Crippen molar-refractivity contribution in [1.82, 2.24) is 15.1 Å². The largest absolute Gasteiger partial charge is 0.488 e. The molecule has 0 spiro atoms. The molecule has 1 atom stereocenters. The minimum atomic E-state index is -3.38. The van der Waals surface area contributed by atoms with Gasteiger partial charge >= 0.3 is 0 Å². The van der Waals surface area contributed by atoms with Crippen LogP contribution in [0.5, 0.6) is 5.75 Å². The summed E-state index contributed by atoms with van der Waals surface area (Å²) in [6.45, 7) is 9.38. The van der Waals surface area contributed by atoms with E-state index in [4.69, 9.17) is 16.3 Å². The second kappa shape index (κ2) is 9.78. The average molecular weight is 529 g/mol. The van der Waals surface area contributed by atoms with Crippen molar-refractivity contribution >= 4 is 17.7 Å². The molecule has 3 aliphatic heterocycles. The lowest BCUT2D eigenvalue weighted by atomic mass is 9.98. The highest BCUT2D eigenvalue weighted by atomic mass is 19.1. The van der Waals surface area contributed by atoms with Crippen molar-refractivity contribution in [2.75, 3.05) is 13.1 Å². The van der Waals surface area contributed by atoms with Crippen molar-refractivity contribution in [3.63, 3.8) is 0 Å². The Balaban J connectivity index is 1.33. The number of morpholine rings is 1. The zero-order chi connectivity index (χ0) is 31.8. The highest BCUT2D eigenvalue weighted by Gasteiger charge is 2.40. The van der Waals surface area contributed by atoms with Crippen LogP contribution in [0.3, 0.4) is 0 Å². The zero-order valence-corrected chi connectivity index (χ0v) is 21.8. The van der Waals surface area contributed by atoms with Gasteiger partial charge in [0.15, 0.2) is 0 Å². The molecule has 0 saturated carbocycles. The third kappa shape index (κ3) is 5.44. The number of carbonyl (C=O) groups excluding carboxylic acids is 3. The van der Waals surface area contributed by atoms with Crippen LogP contribution in [-0.2, 0) is 34.0 Å². The summed E-state index contributed by atoms with van der Waals surface area (Å²) in [5.74, 6) is -4.19. The topological polar surface area (TPSA) is 88.2 Å². The van der Waals surface area contributed by atoms with Gasteiger partial charge in [0.2, 0.25) is 11.8 Å². The number of hydrogen-bond acceptors (Lipinski definition) is 6. The molecule has 0 aromatic heterocycles. The van der Waals surface area contributed by atoms with Gasteiger partial charge in [-0.05, 0) is 57.8 Å². The highest BCUT2D eigenvalue weighted by molar-refractivity contribution is 6.05. The molecule has 38 heavy (non-hydrogen) atoms. The normalized spacial score (nSPS) is 29.3. The Hall–Kier alpha value is -3.30. The van der Waals surface area contributed by atoms with Crippen molar-refractivity contribution in [2.24, 2.45) is 0 Å². The first-order chi connectivity index (χ1) is 19.8. The summed E-state index contributed by atoms with van der Waals surface area (Å²) in [5.41, 5.74) is 0.625. The van der Waals surface area contributed by atoms with Crippen LogP contribution in [0.15, 0.2) is 36.4 Å². The van der Waals surface area contributed by atoms with Gasteiger partial charge in [0.25, 0.3) is 5.91 Å². The van der Waals surface area contributed by atoms with Crippen molar-refractivity contribution in [2.45, 2.75) is 77.4 Å². The van der Waals surface area contributed by atoms with E-state index >= 15 is 4.39 Å². The molecule has 0 aliphatic carbocycles. The van der Waals surface area contributed by atoms with E-state index in [1.54, 1.807) is 11.4 Å². The molecule has 8 nitrogen and oxygen atoms in total. The Morgan fingerprint density at radius 2 is 1.89 bits per heavy atom. The van der Waals surface area contributed by atoms with Gasteiger partial charge in [-0.25, -0.2) is 4.39 Å². The van der Waals surface area contributed by atoms with E-state index in [9.17, 15) is 14.4 Å². The summed E-state index contributed by atoms with van der Waals surface area (Å²) < 4.78 is 68.2. The van der Waals surface area contributed by atoms with Crippen LogP contribution in [0, 0.1) is 5.82 Å². The lowest BCUT2D eigenvalue weighted by Gasteiger charge is -2.47. The fourth-order valence-electron chi connectivity index (χ4n) is 5.45. The van der Waals surface area contributed by atoms with Gasteiger partial charge in [0.1, 0.15) is 24.2 Å². The van der Waals surface area contributed by atoms with Crippen LogP contribution in [-0.4, -0.2) is 57.8 Å². The van der Waals surface area contributed by atoms with Gasteiger partial charge in [-0.15, -0.1) is 0 Å². The Morgan fingerprint density at radius 1 is 1.16 bits per heavy atom. The highest BCUT2D eigenvalue weighted by Crippen LogP contribution is 2.34. The van der Waals surface area contributed by atoms with Crippen LogP contribution < -0.4 is 10.1 Å². The second-order valence-corrected chi connectivity index (χ2v) is 11.0. The third-order valence-electron chi connectivity index (χ3n) is 6.60. The predicted molar refractivity (Wildman–Crippen MR) is 138 cm³/mol. The number of nitrogens with one attached hydrogen (secondary N) is 1. The Kier molecular flexibility index (Phi) is 5.31. The van der Waals surface area contributed by atoms with Crippen molar-refractivity contribution < 1.29 is 35.1 Å². The van der Waals surface area contributed by atoms with Crippen molar-refractivity contribution in [3.05, 3.63) is 64.5 Å². The molecular formula is C29H34FN3O5. The summed E-state index contributed by atoms with van der Waals surface area (Å²) in [6.07, 6.45) is -6.65. The van der Waals surface area contributed by atoms with Gasteiger partial charge in [0.05, 0.1) is 19.1 Å². The maximum absolute atomic E-state index is 15.2. The summed E-state index contributed by atoms with van der Waals surface area (Å²) in [7, 11) is 0. The van der Waals surface area contributed by atoms with Crippen LogP contribution in [0.1, 0.15) is 74.3 Å². The molecule has 1 N–H and O–H groups in total. The number of carbonyl (C=O) groups is 3. The van der Waals surface area contributed by atoms with Gasteiger partial charge in [0, 0.05) is 48.2 Å². The molecule has 0 bridgehead atoms. The lowest BCUT2D eigenvalue weighted by Crippen LogP contribution is -2.56. The molecule has 3 aliphatic rings. The average Bonchev–Trinajstić information content (AvgIpc) is 3.22. The lowest BCUT2D eigenvalue weighted by molar-refractivity contribution is -0.182. The van der Waals surface area contributed by atoms with E-state index in [0.717, 1.165) is 5.56 Å². The van der Waals surface area contributed by atoms with Crippen LogP contribution in [0.4, 0.5) is 4.39 Å².